The number of nitrogens with zero attached hydrogens (tertiary/aromatic N) is 2. The zero-order valence-electron chi connectivity index (χ0n) is 23.2. The largest absolute Gasteiger partial charge is 0.467 e. The first-order valence-electron chi connectivity index (χ1n) is 12.0. The second kappa shape index (κ2) is 11.8. The van der Waals surface area contributed by atoms with Crippen LogP contribution in [0.1, 0.15) is 63.5 Å². The van der Waals surface area contributed by atoms with Crippen molar-refractivity contribution in [3.05, 3.63) is 29.6 Å². The van der Waals surface area contributed by atoms with Crippen molar-refractivity contribution in [2.75, 3.05) is 27.9 Å². The molecule has 0 radical (unpaired) electrons. The average molecular weight is 537 g/mol. The Morgan fingerprint density at radius 2 is 1.45 bits per heavy atom. The molecular formula is C26H36N2O10. The van der Waals surface area contributed by atoms with Crippen LogP contribution in [0.15, 0.2) is 18.3 Å². The molecular weight excluding hydrogens is 500 g/mol. The summed E-state index contributed by atoms with van der Waals surface area (Å²) in [7, 11) is 3.42. The van der Waals surface area contributed by atoms with Crippen molar-refractivity contribution in [2.45, 2.75) is 64.7 Å². The van der Waals surface area contributed by atoms with Gasteiger partial charge in [-0.25, -0.2) is 19.4 Å². The van der Waals surface area contributed by atoms with Gasteiger partial charge >= 0.3 is 30.0 Å². The van der Waals surface area contributed by atoms with Crippen LogP contribution in [0.25, 0.3) is 0 Å². The van der Waals surface area contributed by atoms with Crippen LogP contribution in [-0.2, 0) is 38.1 Å². The van der Waals surface area contributed by atoms with Gasteiger partial charge in [0.25, 0.3) is 0 Å². The monoisotopic (exact) mass is 536 g/mol. The Kier molecular flexibility index (Phi) is 9.46. The summed E-state index contributed by atoms with van der Waals surface area (Å²) in [6, 6.07) is 1.63. The maximum Gasteiger partial charge on any atom is 0.410 e. The summed E-state index contributed by atoms with van der Waals surface area (Å²) in [5.74, 6) is -7.54. The summed E-state index contributed by atoms with van der Waals surface area (Å²) in [6.45, 7) is 9.53. The molecule has 1 aliphatic heterocycles. The molecule has 0 spiro atoms. The first kappa shape index (κ1) is 30.5. The molecule has 210 valence electrons. The van der Waals surface area contributed by atoms with Gasteiger partial charge in [0.1, 0.15) is 17.2 Å². The topological polar surface area (TPSA) is 148 Å². The van der Waals surface area contributed by atoms with E-state index in [9.17, 15) is 24.0 Å². The lowest BCUT2D eigenvalue weighted by molar-refractivity contribution is -0.178. The zero-order chi connectivity index (χ0) is 29.0. The van der Waals surface area contributed by atoms with Crippen molar-refractivity contribution in [3.8, 4) is 0 Å². The van der Waals surface area contributed by atoms with Crippen LogP contribution >= 0.6 is 0 Å². The Morgan fingerprint density at radius 3 is 1.89 bits per heavy atom. The summed E-state index contributed by atoms with van der Waals surface area (Å²) in [5, 5.41) is 0. The smallest absolute Gasteiger partial charge is 0.410 e. The molecule has 1 aromatic heterocycles. The number of aromatic nitrogens is 1. The third kappa shape index (κ3) is 6.99. The molecule has 0 bridgehead atoms. The normalized spacial score (nSPS) is 19.5. The van der Waals surface area contributed by atoms with Crippen LogP contribution in [0, 0.1) is 11.8 Å². The van der Waals surface area contributed by atoms with Crippen LogP contribution in [0.3, 0.4) is 0 Å². The van der Waals surface area contributed by atoms with Crippen LogP contribution in [0.2, 0.25) is 0 Å². The number of esters is 4. The molecule has 0 aromatic carbocycles. The minimum Gasteiger partial charge on any atom is -0.467 e. The predicted molar refractivity (Wildman–Crippen MR) is 132 cm³/mol. The number of pyridine rings is 1. The molecule has 0 unspecified atom stereocenters. The van der Waals surface area contributed by atoms with E-state index in [0.29, 0.717) is 0 Å². The highest BCUT2D eigenvalue weighted by molar-refractivity contribution is 5.98. The molecule has 0 saturated carbocycles. The number of hydrogen-bond donors (Lipinski definition) is 0. The molecule has 3 atom stereocenters. The third-order valence-corrected chi connectivity index (χ3v) is 5.73. The van der Waals surface area contributed by atoms with Gasteiger partial charge in [-0.15, -0.1) is 0 Å². The van der Waals surface area contributed by atoms with E-state index >= 15 is 0 Å². The van der Waals surface area contributed by atoms with Gasteiger partial charge in [0, 0.05) is 24.6 Å². The van der Waals surface area contributed by atoms with Gasteiger partial charge in [-0.1, -0.05) is 6.07 Å². The van der Waals surface area contributed by atoms with Gasteiger partial charge in [-0.3, -0.25) is 14.5 Å². The molecule has 0 N–H and O–H groups in total. The highest BCUT2D eigenvalue weighted by atomic mass is 16.6. The van der Waals surface area contributed by atoms with Gasteiger partial charge in [-0.2, -0.15) is 0 Å². The number of methoxy groups -OCH3 is 3. The lowest BCUT2D eigenvalue weighted by Gasteiger charge is -2.33. The standard InChI is InChI=1S/C26H36N2O10/c1-25(2,3)37-20(29)17(21(30)38-26(4,5)6)16-15(14-11-10-12-27-18(14)22(31)34-7)13-28(24(33)36-9)19(16)23(32)35-8/h10-12,15-17,19H,13H2,1-9H3/t15-,16-,19+/m1/s1. The summed E-state index contributed by atoms with van der Waals surface area (Å²) < 4.78 is 25.9. The second-order valence-electron chi connectivity index (χ2n) is 10.8. The van der Waals surface area contributed by atoms with Crippen LogP contribution in [0.4, 0.5) is 4.79 Å². The van der Waals surface area contributed by atoms with Gasteiger partial charge in [0.15, 0.2) is 11.6 Å². The summed E-state index contributed by atoms with van der Waals surface area (Å²) in [5.41, 5.74) is -1.85. The number of carbonyl (C=O) groups is 5. The molecule has 1 fully saturated rings. The van der Waals surface area contributed by atoms with Crippen molar-refractivity contribution in [2.24, 2.45) is 11.8 Å². The lowest BCUT2D eigenvalue weighted by Crippen LogP contribution is -2.50. The summed E-state index contributed by atoms with van der Waals surface area (Å²) in [4.78, 5) is 70.9. The summed E-state index contributed by atoms with van der Waals surface area (Å²) >= 11 is 0. The number of ether oxygens (including phenoxy) is 5. The minimum absolute atomic E-state index is 0.104. The predicted octanol–water partition coefficient (Wildman–Crippen LogP) is 2.49. The second-order valence-corrected chi connectivity index (χ2v) is 10.8. The molecule has 1 amide bonds. The molecule has 2 rings (SSSR count). The Bertz CT molecular complexity index is 1040. The number of rotatable bonds is 6. The maximum atomic E-state index is 13.6. The van der Waals surface area contributed by atoms with E-state index in [0.717, 1.165) is 19.1 Å². The molecule has 38 heavy (non-hydrogen) atoms. The van der Waals surface area contributed by atoms with E-state index in [1.165, 1.54) is 13.3 Å². The molecule has 12 heteroatoms. The highest BCUT2D eigenvalue weighted by Gasteiger charge is 2.58. The first-order valence-corrected chi connectivity index (χ1v) is 12.0. The quantitative estimate of drug-likeness (QED) is 0.300. The van der Waals surface area contributed by atoms with Crippen molar-refractivity contribution < 1.29 is 47.7 Å². The van der Waals surface area contributed by atoms with Gasteiger partial charge in [-0.05, 0) is 53.2 Å². The Balaban J connectivity index is 2.86. The lowest BCUT2D eigenvalue weighted by atomic mass is 9.75. The summed E-state index contributed by atoms with van der Waals surface area (Å²) in [6.07, 6.45) is 0.470. The molecule has 1 aliphatic rings. The molecule has 2 heterocycles. The number of carbonyl (C=O) groups excluding carboxylic acids is 5. The Hall–Kier alpha value is -3.70. The van der Waals surface area contributed by atoms with E-state index in [-0.39, 0.29) is 17.8 Å². The van der Waals surface area contributed by atoms with Gasteiger partial charge < -0.3 is 23.7 Å². The van der Waals surface area contributed by atoms with E-state index < -0.39 is 65.0 Å². The van der Waals surface area contributed by atoms with Gasteiger partial charge in [0.05, 0.1) is 21.3 Å². The molecule has 1 saturated heterocycles. The number of likely N-dealkylation sites (tertiary alicyclic amines) is 1. The van der Waals surface area contributed by atoms with E-state index in [2.05, 4.69) is 4.98 Å². The first-order chi connectivity index (χ1) is 17.6. The third-order valence-electron chi connectivity index (χ3n) is 5.73. The maximum absolute atomic E-state index is 13.6. The zero-order valence-corrected chi connectivity index (χ0v) is 23.2. The van der Waals surface area contributed by atoms with Crippen LogP contribution < -0.4 is 0 Å². The van der Waals surface area contributed by atoms with Crippen molar-refractivity contribution in [1.29, 1.82) is 0 Å². The molecule has 12 nitrogen and oxygen atoms in total. The Labute approximate surface area is 221 Å². The fourth-order valence-electron chi connectivity index (χ4n) is 4.43. The van der Waals surface area contributed by atoms with Crippen molar-refractivity contribution in [3.63, 3.8) is 0 Å². The molecule has 1 aromatic rings. The minimum atomic E-state index is -1.69. The average Bonchev–Trinajstić information content (AvgIpc) is 3.20. The fourth-order valence-corrected chi connectivity index (χ4v) is 4.43. The number of hydrogen-bond acceptors (Lipinski definition) is 11. The van der Waals surface area contributed by atoms with Crippen molar-refractivity contribution in [1.82, 2.24) is 9.88 Å². The highest BCUT2D eigenvalue weighted by Crippen LogP contribution is 2.45. The van der Waals surface area contributed by atoms with Crippen LogP contribution in [0.5, 0.6) is 0 Å². The SMILES string of the molecule is COC(=O)c1ncccc1[C@H]1CN(C(=O)OC)[C@H](C(=O)OC)[C@H]1C(C(=O)OC(C)(C)C)C(=O)OC(C)(C)C. The van der Waals surface area contributed by atoms with Gasteiger partial charge in [0.2, 0.25) is 0 Å². The van der Waals surface area contributed by atoms with Crippen molar-refractivity contribution >= 4 is 30.0 Å². The Morgan fingerprint density at radius 1 is 0.895 bits per heavy atom. The van der Waals surface area contributed by atoms with E-state index in [1.807, 2.05) is 0 Å². The van der Waals surface area contributed by atoms with Crippen LogP contribution in [-0.4, -0.2) is 85.0 Å². The number of amides is 1. The molecule has 0 aliphatic carbocycles. The van der Waals surface area contributed by atoms with E-state index in [1.54, 1.807) is 53.7 Å². The fraction of sp³-hybridized carbons (Fsp3) is 0.615. The van der Waals surface area contributed by atoms with E-state index in [4.69, 9.17) is 23.7 Å².